The van der Waals surface area contributed by atoms with Gasteiger partial charge in [0.2, 0.25) is 5.91 Å². The number of amides is 1. The molecule has 2 aromatic rings. The molecule has 5 heteroatoms. The first-order chi connectivity index (χ1) is 13.9. The first-order valence-corrected chi connectivity index (χ1v) is 10.2. The van der Waals surface area contributed by atoms with Crippen LogP contribution in [0.3, 0.4) is 0 Å². The van der Waals surface area contributed by atoms with Crippen molar-refractivity contribution >= 4 is 12.1 Å². The van der Waals surface area contributed by atoms with E-state index >= 15 is 0 Å². The predicted molar refractivity (Wildman–Crippen MR) is 123 cm³/mol. The molecule has 1 amide bonds. The highest BCUT2D eigenvalue weighted by atomic mass is 16.5. The number of ether oxygens (including phenoxy) is 1. The van der Waals surface area contributed by atoms with Crippen LogP contribution in [-0.2, 0) is 22.0 Å². The van der Waals surface area contributed by atoms with Gasteiger partial charge in [-0.3, -0.25) is 4.79 Å². The van der Waals surface area contributed by atoms with E-state index in [1.807, 2.05) is 36.4 Å². The average Bonchev–Trinajstić information content (AvgIpc) is 2.66. The van der Waals surface area contributed by atoms with Crippen LogP contribution < -0.4 is 10.2 Å². The Labute approximate surface area is 180 Å². The first kappa shape index (κ1) is 23.5. The highest BCUT2D eigenvalue weighted by molar-refractivity contribution is 5.82. The van der Waals surface area contributed by atoms with Crippen LogP contribution in [-0.4, -0.2) is 24.3 Å². The van der Waals surface area contributed by atoms with E-state index in [1.54, 1.807) is 13.3 Å². The fourth-order valence-electron chi connectivity index (χ4n) is 3.16. The number of nitrogens with one attached hydrogen (secondary N) is 1. The summed E-state index contributed by atoms with van der Waals surface area (Å²) in [6.45, 7) is 12.5. The van der Waals surface area contributed by atoms with Crippen LogP contribution >= 0.6 is 0 Å². The molecule has 2 aromatic carbocycles. The Bertz CT molecular complexity index is 866. The quantitative estimate of drug-likeness (QED) is 0.515. The number of phenolic OH excluding ortho intramolecular Hbond substituents is 1. The largest absolute Gasteiger partial charge is 0.507 e. The molecule has 0 atom stereocenters. The zero-order valence-electron chi connectivity index (χ0n) is 19.2. The van der Waals surface area contributed by atoms with Crippen LogP contribution in [0, 0.1) is 0 Å². The number of rotatable bonds is 6. The summed E-state index contributed by atoms with van der Waals surface area (Å²) in [4.78, 5) is 12.2. The number of hydrogen-bond acceptors (Lipinski definition) is 4. The second-order valence-electron chi connectivity index (χ2n) is 9.61. The van der Waals surface area contributed by atoms with Crippen LogP contribution in [0.2, 0.25) is 0 Å². The number of phenols is 1. The monoisotopic (exact) mass is 410 g/mol. The number of hydrazone groups is 1. The minimum atomic E-state index is -0.189. The normalized spacial score (nSPS) is 12.2. The SMILES string of the molecule is COc1ccc(/C=N\NC(=O)CCc2cc(C(C)(C)C)c(O)c(C(C)(C)C)c2)cc1. The first-order valence-electron chi connectivity index (χ1n) is 10.2. The number of hydrogen-bond donors (Lipinski definition) is 2. The third kappa shape index (κ3) is 6.34. The van der Waals surface area contributed by atoms with Gasteiger partial charge in [-0.2, -0.15) is 5.10 Å². The second kappa shape index (κ2) is 9.33. The highest BCUT2D eigenvalue weighted by Crippen LogP contribution is 2.39. The Kier molecular flexibility index (Phi) is 7.30. The highest BCUT2D eigenvalue weighted by Gasteiger charge is 2.26. The lowest BCUT2D eigenvalue weighted by Crippen LogP contribution is -2.20. The van der Waals surface area contributed by atoms with Crippen LogP contribution in [0.5, 0.6) is 11.5 Å². The van der Waals surface area contributed by atoms with Gasteiger partial charge in [0.25, 0.3) is 0 Å². The molecule has 0 heterocycles. The standard InChI is InChI=1S/C25H34N2O3/c1-24(2,3)20-14-18(15-21(23(20)29)25(4,5)6)10-13-22(28)27-26-16-17-8-11-19(30-7)12-9-17/h8-9,11-12,14-16,29H,10,13H2,1-7H3,(H,27,28)/b26-16-. The Morgan fingerprint density at radius 2 is 1.57 bits per heavy atom. The van der Waals surface area contributed by atoms with Crippen LogP contribution in [0.1, 0.15) is 70.2 Å². The number of carbonyl (C=O) groups is 1. The van der Waals surface area contributed by atoms with E-state index in [0.29, 0.717) is 18.6 Å². The van der Waals surface area contributed by atoms with Crippen molar-refractivity contribution in [2.24, 2.45) is 5.10 Å². The molecule has 30 heavy (non-hydrogen) atoms. The topological polar surface area (TPSA) is 70.9 Å². The van der Waals surface area contributed by atoms with Gasteiger partial charge in [0.15, 0.2) is 0 Å². The van der Waals surface area contributed by atoms with Gasteiger partial charge in [-0.25, -0.2) is 5.43 Å². The number of aryl methyl sites for hydroxylation is 1. The van der Waals surface area contributed by atoms with Crippen LogP contribution in [0.4, 0.5) is 0 Å². The smallest absolute Gasteiger partial charge is 0.240 e. The molecule has 0 unspecified atom stereocenters. The molecule has 2 N–H and O–H groups in total. The van der Waals surface area contributed by atoms with Crippen molar-refractivity contribution in [3.8, 4) is 11.5 Å². The number of methoxy groups -OCH3 is 1. The zero-order chi connectivity index (χ0) is 22.5. The lowest BCUT2D eigenvalue weighted by Gasteiger charge is -2.28. The molecular formula is C25H34N2O3. The van der Waals surface area contributed by atoms with Gasteiger partial charge in [0, 0.05) is 6.42 Å². The van der Waals surface area contributed by atoms with Gasteiger partial charge < -0.3 is 9.84 Å². The molecule has 0 saturated heterocycles. The van der Waals surface area contributed by atoms with Gasteiger partial charge in [0.1, 0.15) is 11.5 Å². The fourth-order valence-corrected chi connectivity index (χ4v) is 3.16. The van der Waals surface area contributed by atoms with Gasteiger partial charge in [0.05, 0.1) is 13.3 Å². The summed E-state index contributed by atoms with van der Waals surface area (Å²) in [5.41, 5.74) is 5.93. The molecular weight excluding hydrogens is 376 g/mol. The summed E-state index contributed by atoms with van der Waals surface area (Å²) in [5, 5.41) is 14.8. The molecule has 0 fully saturated rings. The van der Waals surface area contributed by atoms with E-state index in [4.69, 9.17) is 4.74 Å². The van der Waals surface area contributed by atoms with Crippen molar-refractivity contribution in [3.63, 3.8) is 0 Å². The van der Waals surface area contributed by atoms with Gasteiger partial charge >= 0.3 is 0 Å². The molecule has 0 aliphatic heterocycles. The molecule has 2 rings (SSSR count). The molecule has 0 radical (unpaired) electrons. The Morgan fingerprint density at radius 1 is 1.03 bits per heavy atom. The maximum Gasteiger partial charge on any atom is 0.240 e. The summed E-state index contributed by atoms with van der Waals surface area (Å²) < 4.78 is 5.12. The van der Waals surface area contributed by atoms with E-state index in [2.05, 4.69) is 52.1 Å². The Balaban J connectivity index is 2.06. The van der Waals surface area contributed by atoms with Crippen molar-refractivity contribution in [1.82, 2.24) is 5.43 Å². The van der Waals surface area contributed by atoms with Crippen LogP contribution in [0.15, 0.2) is 41.5 Å². The second-order valence-corrected chi connectivity index (χ2v) is 9.61. The van der Waals surface area contributed by atoms with Crippen molar-refractivity contribution in [2.75, 3.05) is 7.11 Å². The molecule has 0 bridgehead atoms. The van der Waals surface area contributed by atoms with Crippen molar-refractivity contribution in [3.05, 3.63) is 58.7 Å². The average molecular weight is 411 g/mol. The van der Waals surface area contributed by atoms with Crippen LogP contribution in [0.25, 0.3) is 0 Å². The summed E-state index contributed by atoms with van der Waals surface area (Å²) in [6, 6.07) is 11.4. The predicted octanol–water partition coefficient (Wildman–Crippen LogP) is 5.08. The Morgan fingerprint density at radius 3 is 2.03 bits per heavy atom. The molecule has 0 saturated carbocycles. The summed E-state index contributed by atoms with van der Waals surface area (Å²) in [5.74, 6) is 0.976. The summed E-state index contributed by atoms with van der Waals surface area (Å²) >= 11 is 0. The third-order valence-corrected chi connectivity index (χ3v) is 4.95. The van der Waals surface area contributed by atoms with E-state index in [1.165, 1.54) is 0 Å². The van der Waals surface area contributed by atoms with E-state index in [9.17, 15) is 9.90 Å². The zero-order valence-corrected chi connectivity index (χ0v) is 19.2. The van der Waals surface area contributed by atoms with Gasteiger partial charge in [-0.15, -0.1) is 0 Å². The third-order valence-electron chi connectivity index (χ3n) is 4.95. The number of benzene rings is 2. The van der Waals surface area contributed by atoms with Crippen molar-refractivity contribution in [1.29, 1.82) is 0 Å². The molecule has 0 aromatic heterocycles. The lowest BCUT2D eigenvalue weighted by atomic mass is 9.78. The maximum atomic E-state index is 12.2. The molecule has 0 aliphatic rings. The van der Waals surface area contributed by atoms with E-state index in [0.717, 1.165) is 28.0 Å². The van der Waals surface area contributed by atoms with Gasteiger partial charge in [-0.05, 0) is 63.8 Å². The number of aromatic hydroxyl groups is 1. The molecule has 162 valence electrons. The molecule has 0 spiro atoms. The van der Waals surface area contributed by atoms with Gasteiger partial charge in [-0.1, -0.05) is 53.7 Å². The lowest BCUT2D eigenvalue weighted by molar-refractivity contribution is -0.121. The minimum absolute atomic E-state index is 0.151. The molecule has 0 aliphatic carbocycles. The Hall–Kier alpha value is -2.82. The van der Waals surface area contributed by atoms with Crippen molar-refractivity contribution in [2.45, 2.75) is 65.2 Å². The van der Waals surface area contributed by atoms with E-state index < -0.39 is 0 Å². The van der Waals surface area contributed by atoms with E-state index in [-0.39, 0.29) is 16.7 Å². The number of nitrogens with zero attached hydrogens (tertiary/aromatic N) is 1. The summed E-state index contributed by atoms with van der Waals surface area (Å²) in [6.07, 6.45) is 2.50. The fraction of sp³-hybridized carbons (Fsp3) is 0.440. The summed E-state index contributed by atoms with van der Waals surface area (Å²) in [7, 11) is 1.62. The molecule has 5 nitrogen and oxygen atoms in total. The minimum Gasteiger partial charge on any atom is -0.507 e. The maximum absolute atomic E-state index is 12.2. The number of carbonyl (C=O) groups excluding carboxylic acids is 1. The van der Waals surface area contributed by atoms with Crippen molar-refractivity contribution < 1.29 is 14.6 Å².